The lowest BCUT2D eigenvalue weighted by atomic mass is 9.90. The predicted octanol–water partition coefficient (Wildman–Crippen LogP) is 6.66. The summed E-state index contributed by atoms with van der Waals surface area (Å²) in [6.45, 7) is 45.0. The van der Waals surface area contributed by atoms with Crippen molar-refractivity contribution in [1.82, 2.24) is 16.2 Å². The third-order valence-corrected chi connectivity index (χ3v) is 6.51. The Morgan fingerprint density at radius 1 is 0.509 bits per heavy atom. The summed E-state index contributed by atoms with van der Waals surface area (Å²) in [5.74, 6) is 15.0. The molecule has 14 nitrogen and oxygen atoms in total. The fraction of sp³-hybridized carbons (Fsp3) is 0.833. The minimum Gasteiger partial charge on any atom is -0.349 e. The number of ketones is 5. The SMILES string of the molecule is CC(=O)C(C)(C)C.CC(=O)NCC(=O)C(C)(C)C.CC(C)(C)C(=O)CNN.CC(C)(C)C(=O)CON.CC(C)(C)C(=O)NN.CC(C)(C)S.CCC(=O)C(C)(C)C. The standard InChI is InChI=1S/C8H15NO2.C7H14O.C6H14N2O.C6H13NO2.C6H12O.C5H12N2O.C4H10S/c1-6(10)9-5-7(11)8(2,3)4;1-5-6(8)7(2,3)4;1-6(2,3)5(9)4-8-7;1-6(2,3)5(8)4-9-7;1-5(7)6(2,3)4;1-5(2,3)4(8)7-6;1-4(2,3)5/h5H2,1-4H3,(H,9,10);5H2,1-4H3;8H,4,7H2,1-3H3;4,7H2,1-3H3;1-4H3;6H2,1-3H3,(H,7,8);5H,1-3H3. The number of nitrogens with two attached hydrogens (primary N) is 3. The molecule has 0 aromatic heterocycles. The molecule has 0 rings (SSSR count). The van der Waals surface area contributed by atoms with Crippen molar-refractivity contribution in [3.63, 3.8) is 0 Å². The molecular weight excluding hydrogens is 749 g/mol. The van der Waals surface area contributed by atoms with Gasteiger partial charge in [-0.05, 0) is 6.92 Å². The van der Waals surface area contributed by atoms with Crippen LogP contribution in [0.2, 0.25) is 0 Å². The number of carbonyl (C=O) groups is 7. The molecule has 0 fully saturated rings. The monoisotopic (exact) mass is 839 g/mol. The first-order valence-electron chi connectivity index (χ1n) is 19.1. The Hall–Kier alpha value is -2.56. The first-order valence-corrected chi connectivity index (χ1v) is 19.5. The van der Waals surface area contributed by atoms with E-state index in [2.05, 4.69) is 54.4 Å². The van der Waals surface area contributed by atoms with Crippen molar-refractivity contribution >= 4 is 53.4 Å². The highest BCUT2D eigenvalue weighted by Gasteiger charge is 2.22. The number of hydrogen-bond donors (Lipinski definition) is 7. The molecule has 9 N–H and O–H groups in total. The Morgan fingerprint density at radius 3 is 0.877 bits per heavy atom. The Balaban J connectivity index is -0.000000103. The summed E-state index contributed by atoms with van der Waals surface area (Å²) >= 11 is 4.12. The lowest BCUT2D eigenvalue weighted by Gasteiger charge is -2.15. The lowest BCUT2D eigenvalue weighted by molar-refractivity contribution is -0.131. The Kier molecular flexibility index (Phi) is 38.0. The maximum Gasteiger partial charge on any atom is 0.239 e. The van der Waals surface area contributed by atoms with E-state index in [1.54, 1.807) is 27.7 Å². The van der Waals surface area contributed by atoms with Crippen molar-refractivity contribution in [3.05, 3.63) is 0 Å². The molecular formula is C42H90N6O8S. The van der Waals surface area contributed by atoms with Gasteiger partial charge in [-0.2, -0.15) is 12.6 Å². The molecule has 15 heteroatoms. The van der Waals surface area contributed by atoms with E-state index in [4.69, 9.17) is 17.6 Å². The fourth-order valence-electron chi connectivity index (χ4n) is 1.87. The molecule has 0 aromatic carbocycles. The number of hydrazine groups is 2. The maximum atomic E-state index is 11.2. The summed E-state index contributed by atoms with van der Waals surface area (Å²) in [6, 6.07) is 0. The Morgan fingerprint density at radius 2 is 0.789 bits per heavy atom. The summed E-state index contributed by atoms with van der Waals surface area (Å²) in [6.07, 6.45) is 0.656. The molecule has 0 saturated heterocycles. The fourth-order valence-corrected chi connectivity index (χ4v) is 1.87. The van der Waals surface area contributed by atoms with Crippen molar-refractivity contribution in [2.75, 3.05) is 19.7 Å². The van der Waals surface area contributed by atoms with Gasteiger partial charge in [-0.15, -0.1) is 0 Å². The number of hydrogen-bond acceptors (Lipinski definition) is 13. The number of rotatable bonds is 7. The van der Waals surface area contributed by atoms with Crippen LogP contribution >= 0.6 is 12.6 Å². The first-order chi connectivity index (χ1) is 24.7. The van der Waals surface area contributed by atoms with E-state index in [0.29, 0.717) is 12.2 Å². The highest BCUT2D eigenvalue weighted by molar-refractivity contribution is 7.81. The van der Waals surface area contributed by atoms with Gasteiger partial charge in [0.05, 0.1) is 13.1 Å². The second-order valence-corrected chi connectivity index (χ2v) is 21.7. The highest BCUT2D eigenvalue weighted by atomic mass is 32.1. The summed E-state index contributed by atoms with van der Waals surface area (Å²) in [4.78, 5) is 79.4. The molecule has 0 spiro atoms. The van der Waals surface area contributed by atoms with E-state index >= 15 is 0 Å². The molecule has 0 unspecified atom stereocenters. The molecule has 0 aliphatic rings. The number of amides is 2. The van der Waals surface area contributed by atoms with Crippen molar-refractivity contribution in [3.8, 4) is 0 Å². The molecule has 0 saturated carbocycles. The minimum absolute atomic E-state index is 0.00347. The number of Topliss-reactive ketones (excluding diaryl/α,β-unsaturated/α-hetero) is 5. The lowest BCUT2D eigenvalue weighted by Crippen LogP contribution is -2.39. The molecule has 0 aromatic rings. The molecule has 0 aliphatic carbocycles. The van der Waals surface area contributed by atoms with Crippen molar-refractivity contribution < 1.29 is 38.4 Å². The molecule has 342 valence electrons. The average molecular weight is 839 g/mol. The van der Waals surface area contributed by atoms with Crippen LogP contribution in [0.25, 0.3) is 0 Å². The van der Waals surface area contributed by atoms with E-state index in [1.807, 2.05) is 111 Å². The van der Waals surface area contributed by atoms with Gasteiger partial charge in [-0.25, -0.2) is 11.7 Å². The van der Waals surface area contributed by atoms with Crippen LogP contribution in [0.1, 0.15) is 173 Å². The second kappa shape index (κ2) is 31.4. The van der Waals surface area contributed by atoms with Crippen molar-refractivity contribution in [2.45, 2.75) is 177 Å². The summed E-state index contributed by atoms with van der Waals surface area (Å²) in [7, 11) is 0. The van der Waals surface area contributed by atoms with Gasteiger partial charge in [0.25, 0.3) is 0 Å². The third-order valence-electron chi connectivity index (χ3n) is 6.51. The quantitative estimate of drug-likeness (QED) is 0.0616. The van der Waals surface area contributed by atoms with Gasteiger partial charge in [0, 0.05) is 50.6 Å². The Labute approximate surface area is 354 Å². The smallest absolute Gasteiger partial charge is 0.239 e. The topological polar surface area (TPSA) is 243 Å². The van der Waals surface area contributed by atoms with E-state index in [1.165, 1.54) is 6.92 Å². The molecule has 57 heavy (non-hydrogen) atoms. The van der Waals surface area contributed by atoms with Crippen LogP contribution in [0.15, 0.2) is 0 Å². The van der Waals surface area contributed by atoms with Crippen LogP contribution in [-0.2, 0) is 38.4 Å². The minimum atomic E-state index is -0.366. The average Bonchev–Trinajstić information content (AvgIpc) is 2.97. The highest BCUT2D eigenvalue weighted by Crippen LogP contribution is 2.16. The number of nitrogens with one attached hydrogen (secondary N) is 3. The molecule has 0 heterocycles. The maximum absolute atomic E-state index is 11.2. The van der Waals surface area contributed by atoms with Gasteiger partial charge >= 0.3 is 0 Å². The molecule has 0 radical (unpaired) electrons. The van der Waals surface area contributed by atoms with E-state index in [0.717, 1.165) is 0 Å². The van der Waals surface area contributed by atoms with Crippen molar-refractivity contribution in [2.24, 2.45) is 50.1 Å². The zero-order valence-corrected chi connectivity index (χ0v) is 41.7. The van der Waals surface area contributed by atoms with Gasteiger partial charge in [0.15, 0.2) is 17.3 Å². The van der Waals surface area contributed by atoms with Crippen LogP contribution in [0, 0.1) is 32.5 Å². The zero-order valence-electron chi connectivity index (χ0n) is 40.8. The van der Waals surface area contributed by atoms with E-state index < -0.39 is 0 Å². The second-order valence-electron chi connectivity index (χ2n) is 20.3. The van der Waals surface area contributed by atoms with Gasteiger partial charge in [0.1, 0.15) is 18.2 Å². The zero-order chi connectivity index (χ0) is 48.2. The van der Waals surface area contributed by atoms with Crippen molar-refractivity contribution in [1.29, 1.82) is 0 Å². The third kappa shape index (κ3) is 60.3. The van der Waals surface area contributed by atoms with Gasteiger partial charge in [0.2, 0.25) is 11.8 Å². The molecule has 0 aliphatic heterocycles. The van der Waals surface area contributed by atoms with E-state index in [9.17, 15) is 33.6 Å². The van der Waals surface area contributed by atoms with Gasteiger partial charge in [-0.3, -0.25) is 55.1 Å². The molecule has 2 amide bonds. The van der Waals surface area contributed by atoms with Crippen LogP contribution in [0.3, 0.4) is 0 Å². The molecule has 0 atom stereocenters. The number of carbonyl (C=O) groups excluding carboxylic acids is 7. The van der Waals surface area contributed by atoms with Gasteiger partial charge in [-0.1, -0.05) is 152 Å². The van der Waals surface area contributed by atoms with Crippen LogP contribution in [-0.4, -0.2) is 65.2 Å². The molecule has 0 bridgehead atoms. The van der Waals surface area contributed by atoms with Crippen LogP contribution in [0.5, 0.6) is 0 Å². The normalized spacial score (nSPS) is 11.4. The first kappa shape index (κ1) is 69.1. The van der Waals surface area contributed by atoms with Crippen LogP contribution < -0.4 is 33.8 Å². The van der Waals surface area contributed by atoms with Crippen LogP contribution in [0.4, 0.5) is 0 Å². The van der Waals surface area contributed by atoms with Gasteiger partial charge < -0.3 is 5.32 Å². The summed E-state index contributed by atoms with van der Waals surface area (Å²) < 4.78 is 0.194. The number of thiol groups is 1. The predicted molar refractivity (Wildman–Crippen MR) is 240 cm³/mol. The summed E-state index contributed by atoms with van der Waals surface area (Å²) in [5, 5.41) is 2.46. The Bertz CT molecular complexity index is 1110. The largest absolute Gasteiger partial charge is 0.349 e. The van der Waals surface area contributed by atoms with E-state index in [-0.39, 0.29) is 91.9 Å². The summed E-state index contributed by atoms with van der Waals surface area (Å²) in [5.41, 5.74) is 2.79.